The van der Waals surface area contributed by atoms with Crippen LogP contribution in [0.1, 0.15) is 0 Å². The molecule has 0 amide bonds. The molecule has 0 aliphatic carbocycles. The van der Waals surface area contributed by atoms with Crippen LogP contribution in [0.15, 0.2) is 182 Å². The summed E-state index contributed by atoms with van der Waals surface area (Å²) in [5, 5.41) is 0. The molecule has 0 saturated heterocycles. The van der Waals surface area contributed by atoms with E-state index in [1.165, 1.54) is 26.4 Å². The Labute approximate surface area is 238 Å². The second-order valence-corrected chi connectivity index (χ2v) is 38.9. The Kier molecular flexibility index (Phi) is 7.97. The summed E-state index contributed by atoms with van der Waals surface area (Å²) in [7, 11) is 0. The van der Waals surface area contributed by atoms with Gasteiger partial charge in [0, 0.05) is 0 Å². The van der Waals surface area contributed by atoms with Crippen LogP contribution in [0.5, 0.6) is 0 Å². The van der Waals surface area contributed by atoms with Crippen LogP contribution in [0.4, 0.5) is 0 Å². The molecule has 0 unspecified atom stereocenters. The zero-order valence-corrected chi connectivity index (χ0v) is 26.9. The minimum atomic E-state index is -3.32. The van der Waals surface area contributed by atoms with Gasteiger partial charge >= 0.3 is 240 Å². The third kappa shape index (κ3) is 4.98. The van der Waals surface area contributed by atoms with Crippen molar-refractivity contribution in [2.45, 2.75) is 0 Å². The van der Waals surface area contributed by atoms with Crippen molar-refractivity contribution in [2.24, 2.45) is 0 Å². The monoisotopic (exact) mass is 641 g/mol. The van der Waals surface area contributed by atoms with Crippen LogP contribution in [-0.4, -0.2) is 25.6 Å². The van der Waals surface area contributed by atoms with Crippen LogP contribution in [0.25, 0.3) is 0 Å². The molecular formula is C36H30Ge2P. The molecule has 0 N–H and O–H groups in total. The van der Waals surface area contributed by atoms with Gasteiger partial charge in [-0.1, -0.05) is 0 Å². The molecule has 0 atom stereocenters. The first kappa shape index (κ1) is 26.1. The van der Waals surface area contributed by atoms with E-state index in [1.807, 2.05) is 0 Å². The Bertz CT molecular complexity index is 1270. The summed E-state index contributed by atoms with van der Waals surface area (Å²) < 4.78 is 9.05. The summed E-state index contributed by atoms with van der Waals surface area (Å²) in [6, 6.07) is 68.6. The molecular weight excluding hydrogens is 609 g/mol. The zero-order chi connectivity index (χ0) is 26.4. The molecule has 0 saturated carbocycles. The summed E-state index contributed by atoms with van der Waals surface area (Å²) >= 11 is -6.63. The number of rotatable bonds is 8. The molecule has 0 heterocycles. The van der Waals surface area contributed by atoms with Crippen LogP contribution >= 0.6 is 5.80 Å². The topological polar surface area (TPSA) is 0 Å². The van der Waals surface area contributed by atoms with Crippen molar-refractivity contribution >= 4 is 57.8 Å². The first-order valence-corrected chi connectivity index (χ1v) is 26.2. The van der Waals surface area contributed by atoms with Crippen LogP contribution in [0.3, 0.4) is 0 Å². The van der Waals surface area contributed by atoms with Crippen molar-refractivity contribution in [3.8, 4) is 0 Å². The fourth-order valence-electron chi connectivity index (χ4n) is 5.71. The van der Waals surface area contributed by atoms with E-state index < -0.39 is 25.6 Å². The van der Waals surface area contributed by atoms with Gasteiger partial charge in [0.25, 0.3) is 0 Å². The van der Waals surface area contributed by atoms with E-state index in [-0.39, 0.29) is 0 Å². The average molecular weight is 639 g/mol. The van der Waals surface area contributed by atoms with E-state index in [0.717, 1.165) is 0 Å². The average Bonchev–Trinajstić information content (AvgIpc) is 3.04. The zero-order valence-electron chi connectivity index (χ0n) is 21.8. The maximum absolute atomic E-state index is 3.32. The molecule has 6 aromatic carbocycles. The Morgan fingerprint density at radius 2 is 0.385 bits per heavy atom. The van der Waals surface area contributed by atoms with Crippen molar-refractivity contribution in [3.05, 3.63) is 182 Å². The Hall–Kier alpha value is -3.16. The van der Waals surface area contributed by atoms with E-state index in [4.69, 9.17) is 0 Å². The van der Waals surface area contributed by atoms with Crippen molar-refractivity contribution in [1.29, 1.82) is 0 Å². The van der Waals surface area contributed by atoms with Gasteiger partial charge in [0.05, 0.1) is 0 Å². The van der Waals surface area contributed by atoms with Crippen molar-refractivity contribution in [2.75, 3.05) is 0 Å². The van der Waals surface area contributed by atoms with Gasteiger partial charge in [-0.3, -0.25) is 0 Å². The van der Waals surface area contributed by atoms with Gasteiger partial charge < -0.3 is 0 Å². The summed E-state index contributed by atoms with van der Waals surface area (Å²) in [6.45, 7) is 0. The SMILES string of the molecule is c1cc[c]([Ge]([P][Ge]([c]2ccccc2)([c]2ccccc2)[c]2ccccc2)([c]2ccccc2)[c]2ccccc2)cc1. The summed E-state index contributed by atoms with van der Waals surface area (Å²) in [6.07, 6.45) is 0. The first-order chi connectivity index (χ1) is 19.3. The quantitative estimate of drug-likeness (QED) is 0.158. The molecule has 1 radical (unpaired) electrons. The Morgan fingerprint density at radius 1 is 0.231 bits per heavy atom. The molecule has 39 heavy (non-hydrogen) atoms. The van der Waals surface area contributed by atoms with E-state index in [1.54, 1.807) is 5.80 Å². The molecule has 0 aliphatic rings. The maximum atomic E-state index is 2.40. The Balaban J connectivity index is 1.76. The molecule has 0 bridgehead atoms. The number of benzene rings is 6. The van der Waals surface area contributed by atoms with E-state index in [0.29, 0.717) is 0 Å². The Morgan fingerprint density at radius 3 is 0.538 bits per heavy atom. The molecule has 187 valence electrons. The first-order valence-electron chi connectivity index (χ1n) is 13.4. The fraction of sp³-hybridized carbons (Fsp3) is 0. The summed E-state index contributed by atoms with van der Waals surface area (Å²) in [5.41, 5.74) is 0. The molecule has 3 heteroatoms. The van der Waals surface area contributed by atoms with Crippen molar-refractivity contribution in [1.82, 2.24) is 0 Å². The van der Waals surface area contributed by atoms with Gasteiger partial charge in [0.2, 0.25) is 0 Å². The van der Waals surface area contributed by atoms with Gasteiger partial charge in [-0.15, -0.1) is 0 Å². The molecule has 0 aliphatic heterocycles. The fourth-order valence-corrected chi connectivity index (χ4v) is 74.2. The molecule has 0 fully saturated rings. The van der Waals surface area contributed by atoms with Gasteiger partial charge in [-0.05, 0) is 0 Å². The van der Waals surface area contributed by atoms with Gasteiger partial charge in [-0.25, -0.2) is 0 Å². The number of hydrogen-bond donors (Lipinski definition) is 0. The molecule has 6 aromatic rings. The van der Waals surface area contributed by atoms with Crippen LogP contribution in [-0.2, 0) is 0 Å². The van der Waals surface area contributed by atoms with Crippen molar-refractivity contribution in [3.63, 3.8) is 0 Å². The molecule has 0 nitrogen and oxygen atoms in total. The summed E-state index contributed by atoms with van der Waals surface area (Å²) in [5.74, 6) is 1.59. The van der Waals surface area contributed by atoms with E-state index in [2.05, 4.69) is 182 Å². The minimum absolute atomic E-state index is 1.51. The van der Waals surface area contributed by atoms with Gasteiger partial charge in [-0.2, -0.15) is 0 Å². The van der Waals surface area contributed by atoms with Crippen LogP contribution in [0, 0.1) is 0 Å². The second-order valence-electron chi connectivity index (χ2n) is 9.73. The standard InChI is InChI=1S/C36H30Ge2P/c1-7-19-31(20-8-1)37(32-21-9-2-10-22-32,33-23-11-3-12-24-33)39-38(34-25-13-4-14-26-34,35-27-15-5-16-28-35)36-29-17-6-18-30-36/h1-30H. The third-order valence-corrected chi connectivity index (χ3v) is 57.1. The second kappa shape index (κ2) is 11.9. The van der Waals surface area contributed by atoms with Gasteiger partial charge in [0.1, 0.15) is 0 Å². The molecule has 0 aromatic heterocycles. The van der Waals surface area contributed by atoms with Crippen LogP contribution < -0.4 is 26.4 Å². The number of hydrogen-bond acceptors (Lipinski definition) is 0. The van der Waals surface area contributed by atoms with Gasteiger partial charge in [0.15, 0.2) is 0 Å². The van der Waals surface area contributed by atoms with E-state index >= 15 is 0 Å². The van der Waals surface area contributed by atoms with Crippen molar-refractivity contribution < 1.29 is 0 Å². The molecule has 0 spiro atoms. The predicted molar refractivity (Wildman–Crippen MR) is 175 cm³/mol. The third-order valence-electron chi connectivity index (χ3n) is 7.48. The van der Waals surface area contributed by atoms with E-state index in [9.17, 15) is 0 Å². The normalized spacial score (nSPS) is 11.7. The predicted octanol–water partition coefficient (Wildman–Crippen LogP) is 5.27. The summed E-state index contributed by atoms with van der Waals surface area (Å²) in [4.78, 5) is 0. The molecule has 6 rings (SSSR count). The van der Waals surface area contributed by atoms with Crippen LogP contribution in [0.2, 0.25) is 0 Å².